The summed E-state index contributed by atoms with van der Waals surface area (Å²) >= 11 is 1.61. The van der Waals surface area contributed by atoms with Crippen molar-refractivity contribution in [3.05, 3.63) is 48.3 Å². The predicted octanol–water partition coefficient (Wildman–Crippen LogP) is 5.65. The number of ketones is 1. The Kier molecular flexibility index (Phi) is 7.60. The van der Waals surface area contributed by atoms with Gasteiger partial charge < -0.3 is 9.64 Å². The van der Waals surface area contributed by atoms with Crippen LogP contribution in [0.25, 0.3) is 21.0 Å². The van der Waals surface area contributed by atoms with Crippen molar-refractivity contribution in [3.8, 4) is 33.0 Å². The first-order valence-corrected chi connectivity index (χ1v) is 16.9. The topological polar surface area (TPSA) is 113 Å². The van der Waals surface area contributed by atoms with E-state index in [9.17, 15) is 18.5 Å². The number of nitrogens with zero attached hydrogens (tertiary/aromatic N) is 4. The maximum absolute atomic E-state index is 13.6. The summed E-state index contributed by atoms with van der Waals surface area (Å²) in [5, 5.41) is 10.5. The molecule has 6 rings (SSSR count). The summed E-state index contributed by atoms with van der Waals surface area (Å²) in [6.45, 7) is 0.996. The second kappa shape index (κ2) is 11.2. The molecule has 0 amide bonds. The number of hydrogen-bond acceptors (Lipinski definition) is 9. The smallest absolute Gasteiger partial charge is 0.212 e. The van der Waals surface area contributed by atoms with Gasteiger partial charge in [-0.2, -0.15) is 5.26 Å². The Balaban J connectivity index is 1.35. The zero-order chi connectivity index (χ0) is 28.6. The molecule has 0 N–H and O–H groups in total. The largest absolute Gasteiger partial charge is 0.481 e. The Morgan fingerprint density at radius 2 is 1.80 bits per heavy atom. The molecule has 2 saturated carbocycles. The standard InChI is InChI=1S/C31H34N4O4S2/c1-39-27-11-8-22(19-33-27)30-34-28(25-5-3-2-4-24(25)26(36)18-31(20-32)12-13-31)29(40-30)21-6-9-23(10-7-21)35-14-16-41(37,38)17-15-35/h6-11,19,24-25H,2-5,12-18H2,1H3/t24-,25-/m1/s1. The molecule has 10 heteroatoms. The first kappa shape index (κ1) is 27.9. The molecule has 0 unspecified atom stereocenters. The SMILES string of the molecule is COc1ccc(-c2nc([C@@H]3CCCC[C@H]3C(=O)CC3(C#N)CC3)c(-c3ccc(N4CCS(=O)(=O)CC4)cc3)s2)cn1. The molecule has 1 saturated heterocycles. The number of sulfone groups is 1. The quantitative estimate of drug-likeness (QED) is 0.331. The van der Waals surface area contributed by atoms with Gasteiger partial charge in [0.05, 0.1) is 40.7 Å². The Morgan fingerprint density at radius 3 is 2.44 bits per heavy atom. The average Bonchev–Trinajstić information content (AvgIpc) is 3.63. The first-order valence-electron chi connectivity index (χ1n) is 14.3. The maximum Gasteiger partial charge on any atom is 0.212 e. The summed E-state index contributed by atoms with van der Waals surface area (Å²) in [6.07, 6.45) is 7.54. The van der Waals surface area contributed by atoms with Crippen LogP contribution in [0.4, 0.5) is 5.69 Å². The van der Waals surface area contributed by atoms with Crippen LogP contribution in [0.15, 0.2) is 42.6 Å². The fourth-order valence-corrected chi connectivity index (χ4v) is 8.46. The predicted molar refractivity (Wildman–Crippen MR) is 160 cm³/mol. The minimum absolute atomic E-state index is 0.00364. The lowest BCUT2D eigenvalue weighted by molar-refractivity contribution is -0.125. The third-order valence-corrected chi connectivity index (χ3v) is 11.6. The van der Waals surface area contributed by atoms with Crippen LogP contribution in [0.1, 0.15) is 56.6 Å². The Morgan fingerprint density at radius 1 is 1.10 bits per heavy atom. The molecule has 3 aliphatic rings. The number of Topliss-reactive ketones (excluding diaryl/α,β-unsaturated/α-hetero) is 1. The van der Waals surface area contributed by atoms with Gasteiger partial charge in [0, 0.05) is 54.9 Å². The fraction of sp³-hybridized carbons (Fsp3) is 0.484. The number of aromatic nitrogens is 2. The number of carbonyl (C=O) groups excluding carboxylic acids is 1. The van der Waals surface area contributed by atoms with Gasteiger partial charge in [-0.15, -0.1) is 11.3 Å². The highest BCUT2D eigenvalue weighted by Gasteiger charge is 2.47. The molecule has 3 heterocycles. The zero-order valence-electron chi connectivity index (χ0n) is 23.2. The van der Waals surface area contributed by atoms with Gasteiger partial charge in [-0.05, 0) is 49.4 Å². The van der Waals surface area contributed by atoms with Crippen LogP contribution in [0, 0.1) is 22.7 Å². The fourth-order valence-electron chi connectivity index (χ4n) is 6.12. The van der Waals surface area contributed by atoms with Crippen molar-refractivity contribution in [2.45, 2.75) is 50.9 Å². The van der Waals surface area contributed by atoms with Gasteiger partial charge in [0.1, 0.15) is 10.8 Å². The normalized spacial score (nSPS) is 23.0. The van der Waals surface area contributed by atoms with E-state index < -0.39 is 15.3 Å². The molecule has 1 aliphatic heterocycles. The van der Waals surface area contributed by atoms with Gasteiger partial charge >= 0.3 is 0 Å². The van der Waals surface area contributed by atoms with E-state index in [1.54, 1.807) is 24.6 Å². The van der Waals surface area contributed by atoms with E-state index in [1.807, 2.05) is 12.1 Å². The molecule has 3 aromatic rings. The Labute approximate surface area is 245 Å². The van der Waals surface area contributed by atoms with Crippen molar-refractivity contribution >= 4 is 32.6 Å². The molecule has 1 aromatic carbocycles. The number of hydrogen-bond donors (Lipinski definition) is 0. The summed E-state index contributed by atoms with van der Waals surface area (Å²) in [5.74, 6) is 0.969. The molecule has 41 heavy (non-hydrogen) atoms. The molecule has 2 aromatic heterocycles. The van der Waals surface area contributed by atoms with Crippen molar-refractivity contribution in [2.75, 3.05) is 36.6 Å². The molecule has 2 aliphatic carbocycles. The summed E-state index contributed by atoms with van der Waals surface area (Å²) < 4.78 is 29.0. The number of benzene rings is 1. The van der Waals surface area contributed by atoms with Crippen molar-refractivity contribution < 1.29 is 17.9 Å². The molecular formula is C31H34N4O4S2. The summed E-state index contributed by atoms with van der Waals surface area (Å²) in [4.78, 5) is 26.3. The van der Waals surface area contributed by atoms with Crippen molar-refractivity contribution in [3.63, 3.8) is 0 Å². The Bertz CT molecular complexity index is 1560. The van der Waals surface area contributed by atoms with Crippen LogP contribution < -0.4 is 9.64 Å². The second-order valence-electron chi connectivity index (χ2n) is 11.5. The van der Waals surface area contributed by atoms with Crippen molar-refractivity contribution in [1.29, 1.82) is 5.26 Å². The number of carbonyl (C=O) groups is 1. The zero-order valence-corrected chi connectivity index (χ0v) is 24.8. The highest BCUT2D eigenvalue weighted by Crippen LogP contribution is 2.51. The minimum atomic E-state index is -2.95. The molecule has 3 fully saturated rings. The third kappa shape index (κ3) is 5.88. The van der Waals surface area contributed by atoms with Gasteiger partial charge in [0.2, 0.25) is 5.88 Å². The van der Waals surface area contributed by atoms with Gasteiger partial charge in [0.25, 0.3) is 0 Å². The lowest BCUT2D eigenvalue weighted by atomic mass is 9.73. The molecular weight excluding hydrogens is 556 g/mol. The van der Waals surface area contributed by atoms with Crippen LogP contribution in [0.2, 0.25) is 0 Å². The number of anilines is 1. The van der Waals surface area contributed by atoms with E-state index in [-0.39, 0.29) is 29.1 Å². The van der Waals surface area contributed by atoms with Crippen molar-refractivity contribution in [1.82, 2.24) is 9.97 Å². The van der Waals surface area contributed by atoms with Gasteiger partial charge in [-0.25, -0.2) is 18.4 Å². The molecule has 0 bridgehead atoms. The number of nitriles is 1. The molecule has 0 spiro atoms. The summed E-state index contributed by atoms with van der Waals surface area (Å²) in [5.41, 5.74) is 3.44. The van der Waals surface area contributed by atoms with Gasteiger partial charge in [-0.1, -0.05) is 25.0 Å². The summed E-state index contributed by atoms with van der Waals surface area (Å²) in [6, 6.07) is 14.5. The number of rotatable bonds is 8. The van der Waals surface area contributed by atoms with E-state index in [0.29, 0.717) is 25.4 Å². The summed E-state index contributed by atoms with van der Waals surface area (Å²) in [7, 11) is -1.36. The van der Waals surface area contributed by atoms with Gasteiger partial charge in [-0.3, -0.25) is 4.79 Å². The van der Waals surface area contributed by atoms with E-state index in [2.05, 4.69) is 40.2 Å². The molecule has 0 radical (unpaired) electrons. The minimum Gasteiger partial charge on any atom is -0.481 e. The van der Waals surface area contributed by atoms with Crippen LogP contribution >= 0.6 is 11.3 Å². The van der Waals surface area contributed by atoms with E-state index >= 15 is 0 Å². The molecule has 2 atom stereocenters. The van der Waals surface area contributed by atoms with Crippen LogP contribution in [-0.2, 0) is 14.6 Å². The van der Waals surface area contributed by atoms with Crippen LogP contribution in [-0.4, -0.2) is 55.9 Å². The first-order chi connectivity index (χ1) is 19.8. The highest BCUT2D eigenvalue weighted by atomic mass is 32.2. The van der Waals surface area contributed by atoms with E-state index in [4.69, 9.17) is 9.72 Å². The number of thiazole rings is 1. The number of methoxy groups -OCH3 is 1. The highest BCUT2D eigenvalue weighted by molar-refractivity contribution is 7.91. The Hall–Kier alpha value is -3.29. The maximum atomic E-state index is 13.6. The number of ether oxygens (including phenoxy) is 1. The lowest BCUT2D eigenvalue weighted by Crippen LogP contribution is -2.40. The van der Waals surface area contributed by atoms with Gasteiger partial charge in [0.15, 0.2) is 9.84 Å². The number of pyridine rings is 1. The van der Waals surface area contributed by atoms with Crippen LogP contribution in [0.3, 0.4) is 0 Å². The molecule has 8 nitrogen and oxygen atoms in total. The van der Waals surface area contributed by atoms with E-state index in [1.165, 1.54) is 0 Å². The monoisotopic (exact) mass is 590 g/mol. The second-order valence-corrected chi connectivity index (χ2v) is 14.8. The lowest BCUT2D eigenvalue weighted by Gasteiger charge is -2.31. The third-order valence-electron chi connectivity index (χ3n) is 8.82. The average molecular weight is 591 g/mol. The van der Waals surface area contributed by atoms with Crippen LogP contribution in [0.5, 0.6) is 5.88 Å². The van der Waals surface area contributed by atoms with Crippen molar-refractivity contribution in [2.24, 2.45) is 11.3 Å². The molecule has 214 valence electrons. The van der Waals surface area contributed by atoms with E-state index in [0.717, 1.165) is 70.9 Å².